The lowest BCUT2D eigenvalue weighted by molar-refractivity contribution is 0.148. The molecule has 2 aliphatic rings. The monoisotopic (exact) mass is 301 g/mol. The fourth-order valence-electron chi connectivity index (χ4n) is 3.34. The van der Waals surface area contributed by atoms with Crippen LogP contribution in [0.1, 0.15) is 49.1 Å². The topological polar surface area (TPSA) is 60.0 Å². The SMILES string of the molecule is Cn1ccnc1CC1CCCN(Cc2nc(C3CC3)no2)C1. The van der Waals surface area contributed by atoms with Gasteiger partial charge in [-0.1, -0.05) is 5.16 Å². The number of hydrogen-bond acceptors (Lipinski definition) is 5. The molecule has 2 aromatic heterocycles. The molecule has 6 heteroatoms. The third-order valence-corrected chi connectivity index (χ3v) is 4.78. The van der Waals surface area contributed by atoms with E-state index in [1.807, 2.05) is 12.4 Å². The molecule has 6 nitrogen and oxygen atoms in total. The molecule has 0 aromatic carbocycles. The number of aromatic nitrogens is 4. The largest absolute Gasteiger partial charge is 0.338 e. The van der Waals surface area contributed by atoms with Crippen molar-refractivity contribution < 1.29 is 4.52 Å². The second-order valence-electron chi connectivity index (χ2n) is 6.72. The van der Waals surface area contributed by atoms with Crippen LogP contribution in [-0.4, -0.2) is 37.7 Å². The molecule has 1 aliphatic carbocycles. The van der Waals surface area contributed by atoms with Crippen LogP contribution in [0.2, 0.25) is 0 Å². The molecular weight excluding hydrogens is 278 g/mol. The predicted octanol–water partition coefficient (Wildman–Crippen LogP) is 2.14. The number of piperidine rings is 1. The summed E-state index contributed by atoms with van der Waals surface area (Å²) in [5, 5.41) is 4.11. The van der Waals surface area contributed by atoms with Gasteiger partial charge in [0.25, 0.3) is 0 Å². The highest BCUT2D eigenvalue weighted by Crippen LogP contribution is 2.38. The molecule has 2 fully saturated rings. The maximum atomic E-state index is 5.41. The molecule has 1 unspecified atom stereocenters. The summed E-state index contributed by atoms with van der Waals surface area (Å²) in [6, 6.07) is 0. The van der Waals surface area contributed by atoms with Gasteiger partial charge in [-0.2, -0.15) is 4.98 Å². The van der Waals surface area contributed by atoms with Crippen LogP contribution < -0.4 is 0 Å². The minimum atomic E-state index is 0.565. The molecule has 2 aromatic rings. The van der Waals surface area contributed by atoms with Gasteiger partial charge in [-0.3, -0.25) is 4.90 Å². The van der Waals surface area contributed by atoms with E-state index in [4.69, 9.17) is 4.52 Å². The van der Waals surface area contributed by atoms with Gasteiger partial charge < -0.3 is 9.09 Å². The number of hydrogen-bond donors (Lipinski definition) is 0. The van der Waals surface area contributed by atoms with Gasteiger partial charge in [0, 0.05) is 38.3 Å². The summed E-state index contributed by atoms with van der Waals surface area (Å²) in [5.74, 6) is 4.10. The summed E-state index contributed by atoms with van der Waals surface area (Å²) in [4.78, 5) is 11.4. The Morgan fingerprint density at radius 2 is 2.23 bits per heavy atom. The molecule has 1 saturated heterocycles. The standard InChI is InChI=1S/C16H23N5O/c1-20-8-6-17-14(20)9-12-3-2-7-21(10-12)11-15-18-16(19-22-15)13-4-5-13/h6,8,12-13H,2-5,7,9-11H2,1H3. The molecule has 1 atom stereocenters. The summed E-state index contributed by atoms with van der Waals surface area (Å²) >= 11 is 0. The third-order valence-electron chi connectivity index (χ3n) is 4.78. The summed E-state index contributed by atoms with van der Waals surface area (Å²) in [6.45, 7) is 3.00. The average molecular weight is 301 g/mol. The fourth-order valence-corrected chi connectivity index (χ4v) is 3.34. The first-order valence-corrected chi connectivity index (χ1v) is 8.29. The van der Waals surface area contributed by atoms with Crippen molar-refractivity contribution >= 4 is 0 Å². The van der Waals surface area contributed by atoms with Gasteiger partial charge in [0.2, 0.25) is 5.89 Å². The van der Waals surface area contributed by atoms with Crippen molar-refractivity contribution in [2.45, 2.75) is 44.6 Å². The number of nitrogens with zero attached hydrogens (tertiary/aromatic N) is 5. The molecule has 0 radical (unpaired) electrons. The molecule has 0 N–H and O–H groups in total. The van der Waals surface area contributed by atoms with E-state index in [0.717, 1.165) is 37.8 Å². The maximum absolute atomic E-state index is 5.41. The Morgan fingerprint density at radius 1 is 1.32 bits per heavy atom. The van der Waals surface area contributed by atoms with E-state index >= 15 is 0 Å². The first-order valence-electron chi connectivity index (χ1n) is 8.29. The minimum Gasteiger partial charge on any atom is -0.338 e. The molecule has 0 amide bonds. The zero-order valence-corrected chi connectivity index (χ0v) is 13.1. The molecular formula is C16H23N5O. The van der Waals surface area contributed by atoms with Crippen molar-refractivity contribution in [3.05, 3.63) is 29.9 Å². The van der Waals surface area contributed by atoms with E-state index in [1.54, 1.807) is 0 Å². The van der Waals surface area contributed by atoms with E-state index in [2.05, 4.69) is 31.6 Å². The zero-order chi connectivity index (χ0) is 14.9. The van der Waals surface area contributed by atoms with Gasteiger partial charge in [0.05, 0.1) is 6.54 Å². The molecule has 4 rings (SSSR count). The van der Waals surface area contributed by atoms with Gasteiger partial charge >= 0.3 is 0 Å². The summed E-state index contributed by atoms with van der Waals surface area (Å²) in [6.07, 6.45) is 9.90. The summed E-state index contributed by atoms with van der Waals surface area (Å²) in [7, 11) is 2.07. The number of rotatable bonds is 5. The second kappa shape index (κ2) is 5.83. The van der Waals surface area contributed by atoms with Crippen LogP contribution in [0.25, 0.3) is 0 Å². The van der Waals surface area contributed by atoms with Crippen LogP contribution in [0.15, 0.2) is 16.9 Å². The molecule has 1 aliphatic heterocycles. The lowest BCUT2D eigenvalue weighted by Crippen LogP contribution is -2.36. The van der Waals surface area contributed by atoms with Crippen molar-refractivity contribution in [3.8, 4) is 0 Å². The van der Waals surface area contributed by atoms with Gasteiger partial charge in [-0.15, -0.1) is 0 Å². The first-order chi connectivity index (χ1) is 10.8. The van der Waals surface area contributed by atoms with Crippen LogP contribution in [-0.2, 0) is 20.0 Å². The lowest BCUT2D eigenvalue weighted by atomic mass is 9.94. The van der Waals surface area contributed by atoms with Gasteiger partial charge in [0.15, 0.2) is 5.82 Å². The molecule has 22 heavy (non-hydrogen) atoms. The summed E-state index contributed by atoms with van der Waals surface area (Å²) in [5.41, 5.74) is 0. The number of aryl methyl sites for hydroxylation is 1. The van der Waals surface area contributed by atoms with Gasteiger partial charge in [0.1, 0.15) is 5.82 Å². The lowest BCUT2D eigenvalue weighted by Gasteiger charge is -2.31. The minimum absolute atomic E-state index is 0.565. The Morgan fingerprint density at radius 3 is 3.00 bits per heavy atom. The highest BCUT2D eigenvalue weighted by molar-refractivity contribution is 5.03. The van der Waals surface area contributed by atoms with Crippen LogP contribution in [0.3, 0.4) is 0 Å². The van der Waals surface area contributed by atoms with Crippen molar-refractivity contribution in [1.82, 2.24) is 24.6 Å². The van der Waals surface area contributed by atoms with E-state index in [9.17, 15) is 0 Å². The molecule has 118 valence electrons. The van der Waals surface area contributed by atoms with Crippen LogP contribution in [0, 0.1) is 5.92 Å². The second-order valence-corrected chi connectivity index (χ2v) is 6.72. The average Bonchev–Trinajstić information content (AvgIpc) is 3.14. The highest BCUT2D eigenvalue weighted by atomic mass is 16.5. The van der Waals surface area contributed by atoms with Crippen LogP contribution in [0.5, 0.6) is 0 Å². The Hall–Kier alpha value is -1.69. The quantitative estimate of drug-likeness (QED) is 0.846. The molecule has 0 bridgehead atoms. The Balaban J connectivity index is 1.34. The van der Waals surface area contributed by atoms with E-state index in [0.29, 0.717) is 11.8 Å². The molecule has 3 heterocycles. The van der Waals surface area contributed by atoms with E-state index in [1.165, 1.54) is 31.5 Å². The van der Waals surface area contributed by atoms with Crippen molar-refractivity contribution in [1.29, 1.82) is 0 Å². The Labute approximate surface area is 130 Å². The first kappa shape index (κ1) is 13.9. The van der Waals surface area contributed by atoms with Crippen LogP contribution >= 0.6 is 0 Å². The molecule has 1 saturated carbocycles. The van der Waals surface area contributed by atoms with Crippen molar-refractivity contribution in [2.75, 3.05) is 13.1 Å². The van der Waals surface area contributed by atoms with E-state index in [-0.39, 0.29) is 0 Å². The Bertz CT molecular complexity index is 630. The van der Waals surface area contributed by atoms with Crippen molar-refractivity contribution in [2.24, 2.45) is 13.0 Å². The van der Waals surface area contributed by atoms with Crippen molar-refractivity contribution in [3.63, 3.8) is 0 Å². The van der Waals surface area contributed by atoms with Gasteiger partial charge in [-0.25, -0.2) is 4.98 Å². The molecule has 0 spiro atoms. The Kier molecular flexibility index (Phi) is 3.70. The smallest absolute Gasteiger partial charge is 0.240 e. The third kappa shape index (κ3) is 3.06. The van der Waals surface area contributed by atoms with Crippen LogP contribution in [0.4, 0.5) is 0 Å². The highest BCUT2D eigenvalue weighted by Gasteiger charge is 2.29. The van der Waals surface area contributed by atoms with E-state index < -0.39 is 0 Å². The van der Waals surface area contributed by atoms with Gasteiger partial charge in [-0.05, 0) is 38.1 Å². The zero-order valence-electron chi connectivity index (χ0n) is 13.1. The summed E-state index contributed by atoms with van der Waals surface area (Å²) < 4.78 is 7.53. The normalized spacial score (nSPS) is 23.0. The maximum Gasteiger partial charge on any atom is 0.240 e. The number of likely N-dealkylation sites (tertiary alicyclic amines) is 1. The predicted molar refractivity (Wildman–Crippen MR) is 81.2 cm³/mol. The fraction of sp³-hybridized carbons (Fsp3) is 0.688. The number of imidazole rings is 1.